The molecule has 6 heteroatoms. The van der Waals surface area contributed by atoms with E-state index in [1.54, 1.807) is 13.0 Å². The summed E-state index contributed by atoms with van der Waals surface area (Å²) in [4.78, 5) is 14.0. The van der Waals surface area contributed by atoms with Crippen LogP contribution in [0.1, 0.15) is 22.3 Å². The van der Waals surface area contributed by atoms with E-state index in [-0.39, 0.29) is 5.69 Å². The van der Waals surface area contributed by atoms with E-state index in [9.17, 15) is 4.79 Å². The van der Waals surface area contributed by atoms with Gasteiger partial charge in [-0.25, -0.2) is 4.79 Å². The molecule has 0 atom stereocenters. The van der Waals surface area contributed by atoms with Gasteiger partial charge in [0.25, 0.3) is 0 Å². The number of nitrogens with zero attached hydrogens (tertiary/aromatic N) is 3. The van der Waals surface area contributed by atoms with Crippen LogP contribution in [0.4, 0.5) is 0 Å². The maximum Gasteiger partial charge on any atom is 0.360 e. The van der Waals surface area contributed by atoms with Gasteiger partial charge in [-0.15, -0.1) is 5.10 Å². The first-order valence-corrected chi connectivity index (χ1v) is 5.26. The maximum absolute atomic E-state index is 11.4. The van der Waals surface area contributed by atoms with Crippen molar-refractivity contribution in [2.45, 2.75) is 6.92 Å². The Morgan fingerprint density at radius 1 is 1.60 bits per heavy atom. The third-order valence-corrected chi connectivity index (χ3v) is 2.20. The normalized spacial score (nSPS) is 10.6. The molecule has 15 heavy (non-hydrogen) atoms. The number of aromatic nitrogens is 2. The van der Waals surface area contributed by atoms with Gasteiger partial charge in [-0.05, 0) is 24.5 Å². The van der Waals surface area contributed by atoms with Crippen LogP contribution in [0.3, 0.4) is 0 Å². The second-order valence-electron chi connectivity index (χ2n) is 2.99. The van der Waals surface area contributed by atoms with Gasteiger partial charge in [0, 0.05) is 20.3 Å². The van der Waals surface area contributed by atoms with Gasteiger partial charge in [-0.1, -0.05) is 4.49 Å². The Hall–Kier alpha value is -1.43. The Morgan fingerprint density at radius 2 is 2.33 bits per heavy atom. The van der Waals surface area contributed by atoms with E-state index in [1.807, 2.05) is 25.2 Å². The molecular weight excluding hydrogens is 214 g/mol. The molecule has 0 amide bonds. The molecule has 0 bridgehead atoms. The van der Waals surface area contributed by atoms with Crippen molar-refractivity contribution in [3.05, 3.63) is 16.8 Å². The van der Waals surface area contributed by atoms with Gasteiger partial charge in [0.2, 0.25) is 0 Å². The summed E-state index contributed by atoms with van der Waals surface area (Å²) >= 11 is 1.17. The van der Waals surface area contributed by atoms with Crippen molar-refractivity contribution in [1.29, 1.82) is 0 Å². The molecule has 1 rings (SSSR count). The predicted molar refractivity (Wildman–Crippen MR) is 58.6 cm³/mol. The minimum Gasteiger partial charge on any atom is -0.461 e. The predicted octanol–water partition coefficient (Wildman–Crippen LogP) is 1.25. The molecule has 0 spiro atoms. The smallest absolute Gasteiger partial charge is 0.360 e. The molecule has 0 N–H and O–H groups in total. The average molecular weight is 227 g/mol. The Morgan fingerprint density at radius 3 is 2.93 bits per heavy atom. The van der Waals surface area contributed by atoms with E-state index in [0.717, 1.165) is 0 Å². The highest BCUT2D eigenvalue weighted by Gasteiger charge is 2.15. The largest absolute Gasteiger partial charge is 0.461 e. The topological polar surface area (TPSA) is 55.3 Å². The summed E-state index contributed by atoms with van der Waals surface area (Å²) < 4.78 is 8.58. The lowest BCUT2D eigenvalue weighted by Crippen LogP contribution is -2.07. The van der Waals surface area contributed by atoms with Crippen molar-refractivity contribution in [3.63, 3.8) is 0 Å². The molecule has 1 heterocycles. The summed E-state index contributed by atoms with van der Waals surface area (Å²) in [7, 11) is 3.80. The monoisotopic (exact) mass is 227 g/mol. The minimum atomic E-state index is -0.426. The Labute approximate surface area is 92.5 Å². The van der Waals surface area contributed by atoms with Gasteiger partial charge in [0.05, 0.1) is 11.5 Å². The number of ether oxygens (including phenoxy) is 1. The van der Waals surface area contributed by atoms with Crippen LogP contribution in [0.15, 0.2) is 6.20 Å². The molecule has 0 saturated carbocycles. The number of rotatable bonds is 4. The highest BCUT2D eigenvalue weighted by molar-refractivity contribution is 7.06. The van der Waals surface area contributed by atoms with Crippen molar-refractivity contribution < 1.29 is 9.53 Å². The molecule has 0 aliphatic carbocycles. The Bertz CT molecular complexity index is 360. The van der Waals surface area contributed by atoms with Crippen LogP contribution >= 0.6 is 11.5 Å². The summed E-state index contributed by atoms with van der Waals surface area (Å²) in [5.41, 5.74) is 0.278. The third-order valence-electron chi connectivity index (χ3n) is 1.51. The summed E-state index contributed by atoms with van der Waals surface area (Å²) in [6, 6.07) is 0. The fourth-order valence-corrected chi connectivity index (χ4v) is 1.41. The van der Waals surface area contributed by atoms with Crippen LogP contribution in [0.5, 0.6) is 0 Å². The van der Waals surface area contributed by atoms with Gasteiger partial charge in [0.15, 0.2) is 5.69 Å². The first kappa shape index (κ1) is 11.6. The first-order chi connectivity index (χ1) is 7.15. The van der Waals surface area contributed by atoms with E-state index in [4.69, 9.17) is 4.74 Å². The SMILES string of the molecule is CCOC(=O)c1nnsc1/C=C/N(C)C. The molecule has 0 radical (unpaired) electrons. The van der Waals surface area contributed by atoms with Crippen molar-refractivity contribution in [1.82, 2.24) is 14.5 Å². The lowest BCUT2D eigenvalue weighted by Gasteiger charge is -2.02. The third kappa shape index (κ3) is 3.32. The van der Waals surface area contributed by atoms with E-state index in [2.05, 4.69) is 9.59 Å². The molecule has 0 unspecified atom stereocenters. The highest BCUT2D eigenvalue weighted by atomic mass is 32.1. The Balaban J connectivity index is 2.82. The average Bonchev–Trinajstić information content (AvgIpc) is 2.62. The fraction of sp³-hybridized carbons (Fsp3) is 0.444. The van der Waals surface area contributed by atoms with Gasteiger partial charge in [-0.3, -0.25) is 0 Å². The second kappa shape index (κ2) is 5.45. The summed E-state index contributed by atoms with van der Waals surface area (Å²) in [5.74, 6) is -0.426. The van der Waals surface area contributed by atoms with Crippen LogP contribution in [0, 0.1) is 0 Å². The van der Waals surface area contributed by atoms with Crippen LogP contribution in [-0.4, -0.2) is 41.2 Å². The summed E-state index contributed by atoms with van der Waals surface area (Å²) in [6.45, 7) is 2.10. The first-order valence-electron chi connectivity index (χ1n) is 4.49. The van der Waals surface area contributed by atoms with Gasteiger partial charge >= 0.3 is 5.97 Å². The summed E-state index contributed by atoms with van der Waals surface area (Å²) in [5, 5.41) is 3.74. The van der Waals surface area contributed by atoms with E-state index >= 15 is 0 Å². The van der Waals surface area contributed by atoms with Crippen LogP contribution < -0.4 is 0 Å². The van der Waals surface area contributed by atoms with E-state index < -0.39 is 5.97 Å². The molecule has 0 aliphatic rings. The number of esters is 1. The van der Waals surface area contributed by atoms with Gasteiger partial charge in [-0.2, -0.15) is 0 Å². The number of hydrogen-bond acceptors (Lipinski definition) is 6. The van der Waals surface area contributed by atoms with Crippen molar-refractivity contribution in [2.75, 3.05) is 20.7 Å². The maximum atomic E-state index is 11.4. The lowest BCUT2D eigenvalue weighted by molar-refractivity contribution is 0.0519. The zero-order valence-corrected chi connectivity index (χ0v) is 9.74. The molecule has 82 valence electrons. The molecule has 1 aromatic heterocycles. The van der Waals surface area contributed by atoms with E-state index in [0.29, 0.717) is 11.5 Å². The number of carbonyl (C=O) groups is 1. The van der Waals surface area contributed by atoms with Crippen LogP contribution in [0.2, 0.25) is 0 Å². The molecule has 0 fully saturated rings. The van der Waals surface area contributed by atoms with Gasteiger partial charge < -0.3 is 9.64 Å². The van der Waals surface area contributed by atoms with Crippen molar-refractivity contribution >= 4 is 23.6 Å². The molecular formula is C9H13N3O2S. The van der Waals surface area contributed by atoms with E-state index in [1.165, 1.54) is 11.5 Å². The molecule has 0 saturated heterocycles. The standard InChI is InChI=1S/C9H13N3O2S/c1-4-14-9(13)8-7(15-11-10-8)5-6-12(2)3/h5-6H,4H2,1-3H3/b6-5+. The quantitative estimate of drug-likeness (QED) is 0.724. The van der Waals surface area contributed by atoms with Crippen LogP contribution in [0.25, 0.3) is 6.08 Å². The van der Waals surface area contributed by atoms with Gasteiger partial charge in [0.1, 0.15) is 0 Å². The minimum absolute atomic E-state index is 0.278. The van der Waals surface area contributed by atoms with Crippen LogP contribution in [-0.2, 0) is 4.74 Å². The molecule has 0 aliphatic heterocycles. The van der Waals surface area contributed by atoms with Crippen molar-refractivity contribution in [3.8, 4) is 0 Å². The number of carbonyl (C=O) groups excluding carboxylic acids is 1. The second-order valence-corrected chi connectivity index (χ2v) is 3.77. The zero-order chi connectivity index (χ0) is 11.3. The Kier molecular flexibility index (Phi) is 4.23. The number of hydrogen-bond donors (Lipinski definition) is 0. The summed E-state index contributed by atoms with van der Waals surface area (Å²) in [6.07, 6.45) is 3.62. The van der Waals surface area contributed by atoms with Crippen molar-refractivity contribution in [2.24, 2.45) is 0 Å². The molecule has 5 nitrogen and oxygen atoms in total. The lowest BCUT2D eigenvalue weighted by atomic mass is 10.3. The zero-order valence-electron chi connectivity index (χ0n) is 8.93. The molecule has 1 aromatic rings. The highest BCUT2D eigenvalue weighted by Crippen LogP contribution is 2.13. The molecule has 0 aromatic carbocycles. The fourth-order valence-electron chi connectivity index (χ4n) is 0.865.